The maximum absolute atomic E-state index is 5.56. The van der Waals surface area contributed by atoms with Crippen LogP contribution in [0.3, 0.4) is 0 Å². The van der Waals surface area contributed by atoms with Crippen LogP contribution in [0.15, 0.2) is 77.8 Å². The Labute approximate surface area is 156 Å². The summed E-state index contributed by atoms with van der Waals surface area (Å²) >= 11 is 2.29. The first-order chi connectivity index (χ1) is 11.8. The molecule has 2 nitrogen and oxygen atoms in total. The molecule has 24 heavy (non-hydrogen) atoms. The molecule has 0 radical (unpaired) electrons. The van der Waals surface area contributed by atoms with Crippen molar-refractivity contribution in [2.75, 3.05) is 6.61 Å². The fraction of sp³-hybridized carbons (Fsp3) is 0.0952. The van der Waals surface area contributed by atoms with Crippen LogP contribution in [0.25, 0.3) is 11.1 Å². The topological polar surface area (TPSA) is 21.6 Å². The zero-order valence-corrected chi connectivity index (χ0v) is 15.6. The molecule has 0 amide bonds. The van der Waals surface area contributed by atoms with Crippen LogP contribution in [-0.2, 0) is 0 Å². The van der Waals surface area contributed by atoms with Gasteiger partial charge < -0.3 is 4.74 Å². The molecule has 0 unspecified atom stereocenters. The molecule has 0 heterocycles. The Bertz CT molecular complexity index is 826. The summed E-state index contributed by atoms with van der Waals surface area (Å²) in [6, 6.07) is 24.7. The Morgan fingerprint density at radius 3 is 2.29 bits per heavy atom. The van der Waals surface area contributed by atoms with Crippen LogP contribution < -0.4 is 4.74 Å². The summed E-state index contributed by atoms with van der Waals surface area (Å²) in [5.74, 6) is 0.919. The van der Waals surface area contributed by atoms with Crippen molar-refractivity contribution in [2.45, 2.75) is 6.92 Å². The Kier molecular flexibility index (Phi) is 5.64. The minimum atomic E-state index is 0.678. The van der Waals surface area contributed by atoms with Gasteiger partial charge in [-0.3, -0.25) is 4.99 Å². The largest absolute Gasteiger partial charge is 0.493 e. The summed E-state index contributed by atoms with van der Waals surface area (Å²) in [6.07, 6.45) is 1.88. The molecule has 0 saturated heterocycles. The van der Waals surface area contributed by atoms with E-state index in [4.69, 9.17) is 4.74 Å². The summed E-state index contributed by atoms with van der Waals surface area (Å²) in [4.78, 5) is 4.56. The van der Waals surface area contributed by atoms with Gasteiger partial charge in [0.2, 0.25) is 0 Å². The molecule has 0 aliphatic heterocycles. The number of hydrogen-bond acceptors (Lipinski definition) is 2. The monoisotopic (exact) mass is 427 g/mol. The zero-order chi connectivity index (χ0) is 16.8. The van der Waals surface area contributed by atoms with E-state index in [9.17, 15) is 0 Å². The maximum atomic E-state index is 5.56. The van der Waals surface area contributed by atoms with E-state index in [0.717, 1.165) is 20.6 Å². The number of hydrogen-bond donors (Lipinski definition) is 0. The van der Waals surface area contributed by atoms with Gasteiger partial charge >= 0.3 is 0 Å². The van der Waals surface area contributed by atoms with Crippen molar-refractivity contribution in [3.8, 4) is 16.9 Å². The molecule has 0 aliphatic carbocycles. The fourth-order valence-electron chi connectivity index (χ4n) is 2.39. The second-order valence-electron chi connectivity index (χ2n) is 5.29. The van der Waals surface area contributed by atoms with E-state index in [-0.39, 0.29) is 0 Å². The number of halogens is 1. The lowest BCUT2D eigenvalue weighted by Crippen LogP contribution is -1.94. The first-order valence-electron chi connectivity index (χ1n) is 7.88. The highest BCUT2D eigenvalue weighted by molar-refractivity contribution is 14.1. The Morgan fingerprint density at radius 2 is 1.62 bits per heavy atom. The van der Waals surface area contributed by atoms with Gasteiger partial charge in [-0.1, -0.05) is 42.5 Å². The molecular weight excluding hydrogens is 409 g/mol. The van der Waals surface area contributed by atoms with Crippen LogP contribution in [0, 0.1) is 3.57 Å². The van der Waals surface area contributed by atoms with Crippen LogP contribution in [0.2, 0.25) is 0 Å². The van der Waals surface area contributed by atoms with E-state index in [2.05, 4.69) is 70.0 Å². The Hall–Kier alpha value is -2.14. The third kappa shape index (κ3) is 4.23. The van der Waals surface area contributed by atoms with Gasteiger partial charge in [-0.25, -0.2) is 0 Å². The Morgan fingerprint density at radius 1 is 0.917 bits per heavy atom. The SMILES string of the molecule is CCOc1ccc(C=Nc2ccc(-c3ccccc3)cc2)cc1I. The van der Waals surface area contributed by atoms with Crippen molar-refractivity contribution in [3.05, 3.63) is 81.9 Å². The van der Waals surface area contributed by atoms with Crippen LogP contribution in [-0.4, -0.2) is 12.8 Å². The summed E-state index contributed by atoms with van der Waals surface area (Å²) in [7, 11) is 0. The number of ether oxygens (including phenoxy) is 1. The highest BCUT2D eigenvalue weighted by Crippen LogP contribution is 2.24. The molecule has 0 spiro atoms. The lowest BCUT2D eigenvalue weighted by Gasteiger charge is -2.06. The Balaban J connectivity index is 1.74. The highest BCUT2D eigenvalue weighted by Gasteiger charge is 2.01. The standard InChI is InChI=1S/C21H18INO/c1-2-24-21-13-8-16(14-20(21)22)15-23-19-11-9-18(10-12-19)17-6-4-3-5-7-17/h3-15H,2H2,1H3. The van der Waals surface area contributed by atoms with Crippen molar-refractivity contribution < 1.29 is 4.74 Å². The molecular formula is C21H18INO. The molecule has 0 fully saturated rings. The van der Waals surface area contributed by atoms with Gasteiger partial charge in [-0.15, -0.1) is 0 Å². The first-order valence-corrected chi connectivity index (χ1v) is 8.96. The number of nitrogens with zero attached hydrogens (tertiary/aromatic N) is 1. The average molecular weight is 427 g/mol. The van der Waals surface area contributed by atoms with Gasteiger partial charge in [-0.05, 0) is 76.5 Å². The minimum absolute atomic E-state index is 0.678. The molecule has 3 aromatic carbocycles. The van der Waals surface area contributed by atoms with E-state index < -0.39 is 0 Å². The van der Waals surface area contributed by atoms with Crippen molar-refractivity contribution in [1.82, 2.24) is 0 Å². The number of benzene rings is 3. The molecule has 0 aromatic heterocycles. The average Bonchev–Trinajstić information content (AvgIpc) is 2.63. The predicted molar refractivity (Wildman–Crippen MR) is 109 cm³/mol. The third-order valence-electron chi connectivity index (χ3n) is 3.59. The van der Waals surface area contributed by atoms with Gasteiger partial charge in [0, 0.05) is 6.21 Å². The second kappa shape index (κ2) is 8.11. The first kappa shape index (κ1) is 16.7. The molecule has 0 atom stereocenters. The van der Waals surface area contributed by atoms with Crippen molar-refractivity contribution in [2.24, 2.45) is 4.99 Å². The summed E-state index contributed by atoms with van der Waals surface area (Å²) in [6.45, 7) is 2.67. The van der Waals surface area contributed by atoms with E-state index in [1.54, 1.807) is 0 Å². The normalized spacial score (nSPS) is 10.9. The van der Waals surface area contributed by atoms with Crippen molar-refractivity contribution >= 4 is 34.5 Å². The molecule has 3 aromatic rings. The van der Waals surface area contributed by atoms with Gasteiger partial charge in [0.15, 0.2) is 0 Å². The summed E-state index contributed by atoms with van der Waals surface area (Å²) in [5, 5.41) is 0. The molecule has 0 saturated carbocycles. The van der Waals surface area contributed by atoms with E-state index >= 15 is 0 Å². The second-order valence-corrected chi connectivity index (χ2v) is 6.46. The molecule has 0 bridgehead atoms. The number of aliphatic imine (C=N–C) groups is 1. The van der Waals surface area contributed by atoms with Crippen molar-refractivity contribution in [3.63, 3.8) is 0 Å². The van der Waals surface area contributed by atoms with Crippen molar-refractivity contribution in [1.29, 1.82) is 0 Å². The van der Waals surface area contributed by atoms with Crippen LogP contribution in [0.5, 0.6) is 5.75 Å². The predicted octanol–water partition coefficient (Wildman–Crippen LogP) is 6.11. The molecule has 0 N–H and O–H groups in total. The fourth-order valence-corrected chi connectivity index (χ4v) is 3.08. The molecule has 3 heteroatoms. The van der Waals surface area contributed by atoms with Gasteiger partial charge in [0.25, 0.3) is 0 Å². The third-order valence-corrected chi connectivity index (χ3v) is 4.44. The zero-order valence-electron chi connectivity index (χ0n) is 13.4. The number of rotatable bonds is 5. The molecule has 0 aliphatic rings. The molecule has 120 valence electrons. The lowest BCUT2D eigenvalue weighted by molar-refractivity contribution is 0.338. The smallest absolute Gasteiger partial charge is 0.132 e. The van der Waals surface area contributed by atoms with E-state index in [0.29, 0.717) is 6.61 Å². The van der Waals surface area contributed by atoms with E-state index in [1.165, 1.54) is 11.1 Å². The van der Waals surface area contributed by atoms with Crippen LogP contribution >= 0.6 is 22.6 Å². The summed E-state index contributed by atoms with van der Waals surface area (Å²) in [5.41, 5.74) is 4.42. The van der Waals surface area contributed by atoms with E-state index in [1.807, 2.05) is 43.5 Å². The quantitative estimate of drug-likeness (QED) is 0.356. The molecule has 3 rings (SSSR count). The van der Waals surface area contributed by atoms with Gasteiger partial charge in [0.05, 0.1) is 15.9 Å². The highest BCUT2D eigenvalue weighted by atomic mass is 127. The van der Waals surface area contributed by atoms with Gasteiger partial charge in [-0.2, -0.15) is 0 Å². The maximum Gasteiger partial charge on any atom is 0.132 e. The lowest BCUT2D eigenvalue weighted by atomic mass is 10.1. The summed E-state index contributed by atoms with van der Waals surface area (Å²) < 4.78 is 6.65. The van der Waals surface area contributed by atoms with Crippen LogP contribution in [0.1, 0.15) is 12.5 Å². The van der Waals surface area contributed by atoms with Crippen LogP contribution in [0.4, 0.5) is 5.69 Å². The minimum Gasteiger partial charge on any atom is -0.493 e. The van der Waals surface area contributed by atoms with Gasteiger partial charge in [0.1, 0.15) is 5.75 Å².